The lowest BCUT2D eigenvalue weighted by Gasteiger charge is -2.25. The van der Waals surface area contributed by atoms with Gasteiger partial charge in [0.15, 0.2) is 0 Å². The lowest BCUT2D eigenvalue weighted by molar-refractivity contribution is -0.126. The van der Waals surface area contributed by atoms with Crippen molar-refractivity contribution in [2.75, 3.05) is 11.9 Å². The molecule has 0 aliphatic carbocycles. The van der Waals surface area contributed by atoms with Crippen molar-refractivity contribution in [2.45, 2.75) is 32.9 Å². The highest BCUT2D eigenvalue weighted by Crippen LogP contribution is 2.10. The van der Waals surface area contributed by atoms with Gasteiger partial charge in [-0.2, -0.15) is 0 Å². The number of ether oxygens (including phenoxy) is 1. The molecular formula is C19H24N4O3. The number of hydrogen-bond donors (Lipinski definition) is 3. The van der Waals surface area contributed by atoms with Crippen LogP contribution in [0.25, 0.3) is 0 Å². The normalized spacial score (nSPS) is 10.7. The highest BCUT2D eigenvalue weighted by Gasteiger charge is 2.29. The summed E-state index contributed by atoms with van der Waals surface area (Å²) in [6.45, 7) is 6.00. The van der Waals surface area contributed by atoms with Gasteiger partial charge >= 0.3 is 6.03 Å². The molecule has 0 radical (unpaired) electrons. The molecule has 1 aromatic carbocycles. The molecule has 0 fully saturated rings. The fourth-order valence-electron chi connectivity index (χ4n) is 2.21. The third kappa shape index (κ3) is 5.77. The zero-order valence-corrected chi connectivity index (χ0v) is 15.2. The molecule has 7 heteroatoms. The second kappa shape index (κ2) is 8.84. The van der Waals surface area contributed by atoms with Crippen LogP contribution in [-0.2, 0) is 11.3 Å². The van der Waals surface area contributed by atoms with Gasteiger partial charge in [0.2, 0.25) is 11.8 Å². The number of aromatic nitrogens is 1. The minimum Gasteiger partial charge on any atom is -0.478 e. The van der Waals surface area contributed by atoms with Crippen LogP contribution in [0.1, 0.15) is 26.3 Å². The Bertz CT molecular complexity index is 747. The number of rotatable bonds is 7. The first-order valence-corrected chi connectivity index (χ1v) is 8.41. The summed E-state index contributed by atoms with van der Waals surface area (Å²) in [5.74, 6) is 0.217. The maximum atomic E-state index is 12.4. The van der Waals surface area contributed by atoms with Crippen molar-refractivity contribution in [1.29, 1.82) is 0 Å². The molecule has 1 heterocycles. The molecule has 0 bridgehead atoms. The van der Waals surface area contributed by atoms with Crippen molar-refractivity contribution >= 4 is 17.6 Å². The summed E-state index contributed by atoms with van der Waals surface area (Å²) in [5, 5.41) is 8.18. The Morgan fingerprint density at radius 3 is 2.58 bits per heavy atom. The van der Waals surface area contributed by atoms with Gasteiger partial charge in [-0.05, 0) is 44.5 Å². The number of benzene rings is 1. The highest BCUT2D eigenvalue weighted by atomic mass is 16.5. The predicted molar refractivity (Wildman–Crippen MR) is 99.9 cm³/mol. The molecule has 0 saturated heterocycles. The molecule has 2 rings (SSSR count). The van der Waals surface area contributed by atoms with Crippen molar-refractivity contribution < 1.29 is 14.3 Å². The summed E-state index contributed by atoms with van der Waals surface area (Å²) < 4.78 is 5.34. The summed E-state index contributed by atoms with van der Waals surface area (Å²) in [6, 6.07) is 12.2. The van der Waals surface area contributed by atoms with E-state index in [-0.39, 0.29) is 5.91 Å². The third-order valence-electron chi connectivity index (χ3n) is 3.57. The molecule has 0 unspecified atom stereocenters. The van der Waals surface area contributed by atoms with Crippen molar-refractivity contribution in [1.82, 2.24) is 15.6 Å². The molecule has 0 spiro atoms. The molecule has 138 valence electrons. The van der Waals surface area contributed by atoms with Gasteiger partial charge < -0.3 is 20.7 Å². The summed E-state index contributed by atoms with van der Waals surface area (Å²) >= 11 is 0. The summed E-state index contributed by atoms with van der Waals surface area (Å²) in [6.07, 6.45) is 1.63. The van der Waals surface area contributed by atoms with E-state index in [4.69, 9.17) is 4.74 Å². The van der Waals surface area contributed by atoms with Gasteiger partial charge in [-0.1, -0.05) is 18.2 Å². The Hall–Kier alpha value is -3.09. The molecule has 1 aromatic heterocycles. The number of carbonyl (C=O) groups is 2. The lowest BCUT2D eigenvalue weighted by Crippen LogP contribution is -2.55. The van der Waals surface area contributed by atoms with Crippen LogP contribution in [0.3, 0.4) is 0 Å². The standard InChI is InChI=1S/C19H24N4O3/c1-4-26-16-12-14(10-11-20-16)13-21-17(24)19(2,3)23-18(25)22-15-8-6-5-7-9-15/h5-12H,4,13H2,1-3H3,(H,21,24)(H2,22,23,25). The van der Waals surface area contributed by atoms with E-state index in [1.165, 1.54) is 0 Å². The van der Waals surface area contributed by atoms with Gasteiger partial charge in [0.25, 0.3) is 0 Å². The van der Waals surface area contributed by atoms with E-state index in [2.05, 4.69) is 20.9 Å². The first kappa shape index (κ1) is 19.2. The number of urea groups is 1. The number of nitrogens with one attached hydrogen (secondary N) is 3. The first-order valence-electron chi connectivity index (χ1n) is 8.41. The minimum atomic E-state index is -1.07. The van der Waals surface area contributed by atoms with Crippen LogP contribution >= 0.6 is 0 Å². The van der Waals surface area contributed by atoms with Crippen LogP contribution in [0.4, 0.5) is 10.5 Å². The molecule has 2 aromatic rings. The Morgan fingerprint density at radius 2 is 1.88 bits per heavy atom. The number of hydrogen-bond acceptors (Lipinski definition) is 4. The first-order chi connectivity index (χ1) is 12.4. The Kier molecular flexibility index (Phi) is 6.54. The number of amides is 3. The fourth-order valence-corrected chi connectivity index (χ4v) is 2.21. The third-order valence-corrected chi connectivity index (χ3v) is 3.57. The maximum Gasteiger partial charge on any atom is 0.320 e. The van der Waals surface area contributed by atoms with Crippen LogP contribution in [0.2, 0.25) is 0 Å². The summed E-state index contributed by atoms with van der Waals surface area (Å²) in [4.78, 5) is 28.6. The zero-order chi connectivity index (χ0) is 19.0. The molecule has 7 nitrogen and oxygen atoms in total. The number of nitrogens with zero attached hydrogens (tertiary/aromatic N) is 1. The van der Waals surface area contributed by atoms with Gasteiger partial charge in [-0.15, -0.1) is 0 Å². The van der Waals surface area contributed by atoms with Crippen LogP contribution < -0.4 is 20.7 Å². The number of pyridine rings is 1. The van der Waals surface area contributed by atoms with E-state index < -0.39 is 11.6 Å². The molecule has 26 heavy (non-hydrogen) atoms. The average molecular weight is 356 g/mol. The van der Waals surface area contributed by atoms with Gasteiger partial charge in [0, 0.05) is 24.5 Å². The molecular weight excluding hydrogens is 332 g/mol. The quantitative estimate of drug-likeness (QED) is 0.711. The topological polar surface area (TPSA) is 92.4 Å². The van der Waals surface area contributed by atoms with E-state index in [0.29, 0.717) is 24.7 Å². The van der Waals surface area contributed by atoms with Crippen LogP contribution in [0, 0.1) is 0 Å². The van der Waals surface area contributed by atoms with Gasteiger partial charge in [0.05, 0.1) is 6.61 Å². The smallest absolute Gasteiger partial charge is 0.320 e. The van der Waals surface area contributed by atoms with E-state index in [1.807, 2.05) is 25.1 Å². The SMILES string of the molecule is CCOc1cc(CNC(=O)C(C)(C)NC(=O)Nc2ccccc2)ccn1. The van der Waals surface area contributed by atoms with Gasteiger partial charge in [0.1, 0.15) is 5.54 Å². The Balaban J connectivity index is 1.88. The monoisotopic (exact) mass is 356 g/mol. The number of anilines is 1. The molecule has 0 atom stereocenters. The molecule has 0 aliphatic heterocycles. The van der Waals surface area contributed by atoms with Crippen molar-refractivity contribution in [2.24, 2.45) is 0 Å². The maximum absolute atomic E-state index is 12.4. The number of carbonyl (C=O) groups excluding carboxylic acids is 2. The second-order valence-electron chi connectivity index (χ2n) is 6.19. The largest absolute Gasteiger partial charge is 0.478 e. The molecule has 0 aliphatic rings. The van der Waals surface area contributed by atoms with E-state index in [0.717, 1.165) is 5.56 Å². The van der Waals surface area contributed by atoms with Crippen LogP contribution in [0.15, 0.2) is 48.7 Å². The Labute approximate surface area is 153 Å². The van der Waals surface area contributed by atoms with E-state index >= 15 is 0 Å². The zero-order valence-electron chi connectivity index (χ0n) is 15.2. The van der Waals surface area contributed by atoms with Crippen LogP contribution in [-0.4, -0.2) is 29.1 Å². The van der Waals surface area contributed by atoms with Crippen molar-refractivity contribution in [3.05, 3.63) is 54.2 Å². The van der Waals surface area contributed by atoms with Crippen LogP contribution in [0.5, 0.6) is 5.88 Å². The average Bonchev–Trinajstić information content (AvgIpc) is 2.60. The minimum absolute atomic E-state index is 0.296. The molecule has 0 saturated carbocycles. The highest BCUT2D eigenvalue weighted by molar-refractivity contribution is 5.95. The van der Waals surface area contributed by atoms with E-state index in [9.17, 15) is 9.59 Å². The number of para-hydroxylation sites is 1. The van der Waals surface area contributed by atoms with Crippen molar-refractivity contribution in [3.8, 4) is 5.88 Å². The van der Waals surface area contributed by atoms with Gasteiger partial charge in [-0.25, -0.2) is 9.78 Å². The predicted octanol–water partition coefficient (Wildman–Crippen LogP) is 2.70. The second-order valence-corrected chi connectivity index (χ2v) is 6.19. The lowest BCUT2D eigenvalue weighted by atomic mass is 10.0. The summed E-state index contributed by atoms with van der Waals surface area (Å²) in [5.41, 5.74) is 0.442. The summed E-state index contributed by atoms with van der Waals surface area (Å²) in [7, 11) is 0. The molecule has 3 N–H and O–H groups in total. The fraction of sp³-hybridized carbons (Fsp3) is 0.316. The Morgan fingerprint density at radius 1 is 1.15 bits per heavy atom. The molecule has 3 amide bonds. The van der Waals surface area contributed by atoms with Gasteiger partial charge in [-0.3, -0.25) is 4.79 Å². The van der Waals surface area contributed by atoms with E-state index in [1.54, 1.807) is 44.3 Å². The van der Waals surface area contributed by atoms with Crippen molar-refractivity contribution in [3.63, 3.8) is 0 Å².